The van der Waals surface area contributed by atoms with Gasteiger partial charge in [-0.1, -0.05) is 6.07 Å². The Labute approximate surface area is 230 Å². The van der Waals surface area contributed by atoms with Crippen LogP contribution in [0.5, 0.6) is 5.75 Å². The minimum atomic E-state index is -1.26. The third kappa shape index (κ3) is 7.60. The van der Waals surface area contributed by atoms with Crippen molar-refractivity contribution in [2.24, 2.45) is 0 Å². The summed E-state index contributed by atoms with van der Waals surface area (Å²) in [6, 6.07) is 18.2. The molecule has 1 amide bonds. The Balaban J connectivity index is 0.000000459. The molecule has 2 aliphatic heterocycles. The van der Waals surface area contributed by atoms with Gasteiger partial charge in [-0.15, -0.1) is 0 Å². The summed E-state index contributed by atoms with van der Waals surface area (Å²) in [5.41, 5.74) is 3.04. The minimum Gasteiger partial charge on any atom is -0.497 e. The molecule has 9 nitrogen and oxygen atoms in total. The zero-order valence-corrected chi connectivity index (χ0v) is 23.1. The monoisotopic (exact) mass is 537 g/mol. The molecule has 0 radical (unpaired) electrons. The molecular weight excluding hydrogens is 498 g/mol. The maximum absolute atomic E-state index is 12.8. The first kappa shape index (κ1) is 29.7. The van der Waals surface area contributed by atoms with Crippen molar-refractivity contribution in [1.82, 2.24) is 9.80 Å². The van der Waals surface area contributed by atoms with Crippen LogP contribution in [-0.2, 0) is 9.59 Å². The van der Waals surface area contributed by atoms with Gasteiger partial charge in [-0.25, -0.2) is 9.59 Å². The second-order valence-electron chi connectivity index (χ2n) is 9.78. The molecule has 4 rings (SSSR count). The van der Waals surface area contributed by atoms with Gasteiger partial charge < -0.3 is 29.6 Å². The predicted octanol–water partition coefficient (Wildman–Crippen LogP) is 4.65. The molecule has 2 saturated heterocycles. The molecule has 2 aromatic rings. The predicted molar refractivity (Wildman–Crippen MR) is 151 cm³/mol. The van der Waals surface area contributed by atoms with Crippen LogP contribution in [0.1, 0.15) is 49.9 Å². The van der Waals surface area contributed by atoms with E-state index in [0.717, 1.165) is 48.6 Å². The molecule has 1 unspecified atom stereocenters. The SMILES string of the molecule is CCN(CC)C(=O)c1ccc(N(c2cccc(OC)c2)C2C[C@H]3CC[C@@H](C2)N3C)cc1.O=C(O)/C=C/C(=O)O. The zero-order chi connectivity index (χ0) is 28.5. The average Bonchev–Trinajstić information content (AvgIpc) is 3.12. The van der Waals surface area contributed by atoms with E-state index < -0.39 is 11.9 Å². The molecule has 0 aromatic heterocycles. The van der Waals surface area contributed by atoms with Gasteiger partial charge >= 0.3 is 11.9 Å². The van der Waals surface area contributed by atoms with Crippen LogP contribution in [0.2, 0.25) is 0 Å². The minimum absolute atomic E-state index is 0.0989. The van der Waals surface area contributed by atoms with Gasteiger partial charge in [0.15, 0.2) is 0 Å². The van der Waals surface area contributed by atoms with Crippen LogP contribution in [0.25, 0.3) is 0 Å². The zero-order valence-electron chi connectivity index (χ0n) is 23.1. The second-order valence-corrected chi connectivity index (χ2v) is 9.78. The van der Waals surface area contributed by atoms with Crippen LogP contribution in [0.3, 0.4) is 0 Å². The number of hydrogen-bond acceptors (Lipinski definition) is 6. The van der Waals surface area contributed by atoms with Crippen molar-refractivity contribution in [1.29, 1.82) is 0 Å². The molecule has 2 heterocycles. The molecular formula is C30H39N3O6. The number of ether oxygens (including phenoxy) is 1. The molecule has 0 spiro atoms. The standard InChI is InChI=1S/C26H35N3O2.C4H4O4/c1-5-28(6-2)26(30)19-10-12-20(13-11-19)29(23-8-7-9-25(18-23)31-4)24-16-21-14-15-22(17-24)27(21)3;5-3(6)1-2-4(7)8/h7-13,18,21-22,24H,5-6,14-17H2,1-4H3;1-2H,(H,5,6)(H,7,8)/b;2-1+/t21-,22+,24?;. The molecule has 39 heavy (non-hydrogen) atoms. The Bertz CT molecular complexity index is 1130. The summed E-state index contributed by atoms with van der Waals surface area (Å²) in [4.78, 5) is 38.8. The van der Waals surface area contributed by atoms with E-state index in [0.29, 0.717) is 30.3 Å². The lowest BCUT2D eigenvalue weighted by atomic mass is 9.95. The fourth-order valence-corrected chi connectivity index (χ4v) is 5.53. The molecule has 2 N–H and O–H groups in total. The number of benzene rings is 2. The average molecular weight is 538 g/mol. The summed E-state index contributed by atoms with van der Waals surface area (Å²) in [6.45, 7) is 5.50. The van der Waals surface area contributed by atoms with Crippen LogP contribution < -0.4 is 9.64 Å². The number of rotatable bonds is 9. The van der Waals surface area contributed by atoms with E-state index in [1.807, 2.05) is 36.9 Å². The Morgan fingerprint density at radius 1 is 0.923 bits per heavy atom. The molecule has 3 atom stereocenters. The van der Waals surface area contributed by atoms with E-state index in [9.17, 15) is 14.4 Å². The Morgan fingerprint density at radius 2 is 1.49 bits per heavy atom. The van der Waals surface area contributed by atoms with E-state index >= 15 is 0 Å². The fraction of sp³-hybridized carbons (Fsp3) is 0.433. The topological polar surface area (TPSA) is 111 Å². The van der Waals surface area contributed by atoms with Gasteiger partial charge in [-0.3, -0.25) is 4.79 Å². The van der Waals surface area contributed by atoms with E-state index in [2.05, 4.69) is 47.2 Å². The first-order chi connectivity index (χ1) is 18.7. The maximum atomic E-state index is 12.8. The molecule has 0 saturated carbocycles. The lowest BCUT2D eigenvalue weighted by molar-refractivity contribution is -0.134. The number of fused-ring (bicyclic) bond motifs is 2. The summed E-state index contributed by atoms with van der Waals surface area (Å²) in [5.74, 6) is -1.55. The molecule has 0 aliphatic carbocycles. The van der Waals surface area contributed by atoms with Gasteiger partial charge in [0.1, 0.15) is 5.75 Å². The van der Waals surface area contributed by atoms with Crippen LogP contribution >= 0.6 is 0 Å². The number of anilines is 2. The van der Waals surface area contributed by atoms with Crippen molar-refractivity contribution in [3.8, 4) is 5.75 Å². The maximum Gasteiger partial charge on any atom is 0.328 e. The van der Waals surface area contributed by atoms with E-state index in [4.69, 9.17) is 14.9 Å². The Morgan fingerprint density at radius 3 is 1.97 bits per heavy atom. The molecule has 2 aliphatic rings. The smallest absolute Gasteiger partial charge is 0.328 e. The van der Waals surface area contributed by atoms with Crippen molar-refractivity contribution in [3.05, 3.63) is 66.2 Å². The summed E-state index contributed by atoms with van der Waals surface area (Å²) in [6.07, 6.45) is 6.02. The number of piperidine rings is 1. The van der Waals surface area contributed by atoms with Crippen LogP contribution in [0, 0.1) is 0 Å². The Hall–Kier alpha value is -3.85. The highest BCUT2D eigenvalue weighted by molar-refractivity contribution is 5.94. The third-order valence-corrected chi connectivity index (χ3v) is 7.58. The number of methoxy groups -OCH3 is 1. The number of aliphatic carboxylic acids is 2. The number of nitrogens with zero attached hydrogens (tertiary/aromatic N) is 3. The molecule has 210 valence electrons. The number of hydrogen-bond donors (Lipinski definition) is 2. The lowest BCUT2D eigenvalue weighted by Crippen LogP contribution is -2.47. The van der Waals surface area contributed by atoms with E-state index in [1.165, 1.54) is 12.8 Å². The van der Waals surface area contributed by atoms with Crippen molar-refractivity contribution in [2.45, 2.75) is 57.7 Å². The first-order valence-electron chi connectivity index (χ1n) is 13.4. The summed E-state index contributed by atoms with van der Waals surface area (Å²) < 4.78 is 5.52. The number of carbonyl (C=O) groups excluding carboxylic acids is 1. The second kappa shape index (κ2) is 13.8. The molecule has 2 bridgehead atoms. The normalized spacial score (nSPS) is 20.2. The Kier molecular flexibility index (Phi) is 10.5. The van der Waals surface area contributed by atoms with E-state index in [1.54, 1.807) is 7.11 Å². The summed E-state index contributed by atoms with van der Waals surface area (Å²) in [7, 11) is 3.99. The van der Waals surface area contributed by atoms with Gasteiger partial charge in [0.05, 0.1) is 7.11 Å². The van der Waals surface area contributed by atoms with Crippen LogP contribution in [0.15, 0.2) is 60.7 Å². The molecule has 2 aromatic carbocycles. The first-order valence-corrected chi connectivity index (χ1v) is 13.4. The number of carboxylic acid groups (broad SMARTS) is 2. The largest absolute Gasteiger partial charge is 0.497 e. The van der Waals surface area contributed by atoms with E-state index in [-0.39, 0.29) is 5.91 Å². The quantitative estimate of drug-likeness (QED) is 0.445. The molecule has 2 fully saturated rings. The molecule has 9 heteroatoms. The highest BCUT2D eigenvalue weighted by atomic mass is 16.5. The van der Waals surface area contributed by atoms with Gasteiger partial charge in [0.2, 0.25) is 0 Å². The van der Waals surface area contributed by atoms with Crippen LogP contribution in [0.4, 0.5) is 11.4 Å². The van der Waals surface area contributed by atoms with Gasteiger partial charge in [-0.05, 0) is 83.0 Å². The van der Waals surface area contributed by atoms with Crippen molar-refractivity contribution < 1.29 is 29.3 Å². The fourth-order valence-electron chi connectivity index (χ4n) is 5.53. The van der Waals surface area contributed by atoms with Crippen molar-refractivity contribution >= 4 is 29.2 Å². The summed E-state index contributed by atoms with van der Waals surface area (Å²) in [5, 5.41) is 15.6. The number of carboxylic acids is 2. The van der Waals surface area contributed by atoms with Gasteiger partial charge in [0.25, 0.3) is 5.91 Å². The number of carbonyl (C=O) groups is 3. The van der Waals surface area contributed by atoms with Crippen molar-refractivity contribution in [3.63, 3.8) is 0 Å². The highest BCUT2D eigenvalue weighted by Gasteiger charge is 2.41. The van der Waals surface area contributed by atoms with Crippen LogP contribution in [-0.4, -0.2) is 83.2 Å². The summed E-state index contributed by atoms with van der Waals surface area (Å²) >= 11 is 0. The lowest BCUT2D eigenvalue weighted by Gasteiger charge is -2.43. The number of amides is 1. The third-order valence-electron chi connectivity index (χ3n) is 7.58. The van der Waals surface area contributed by atoms with Crippen molar-refractivity contribution in [2.75, 3.05) is 32.1 Å². The highest BCUT2D eigenvalue weighted by Crippen LogP contribution is 2.41. The van der Waals surface area contributed by atoms with Gasteiger partial charge in [-0.2, -0.15) is 0 Å². The van der Waals surface area contributed by atoms with Gasteiger partial charge in [0, 0.05) is 66.4 Å².